The van der Waals surface area contributed by atoms with Crippen molar-refractivity contribution in [3.63, 3.8) is 0 Å². The molecule has 1 saturated heterocycles. The molecule has 1 amide bonds. The number of likely N-dealkylation sites (N-methyl/N-ethyl adjacent to an activating group) is 2. The van der Waals surface area contributed by atoms with Gasteiger partial charge in [-0.1, -0.05) is 0 Å². The summed E-state index contributed by atoms with van der Waals surface area (Å²) in [5.74, 6) is -0.0508. The zero-order chi connectivity index (χ0) is 14.7. The van der Waals surface area contributed by atoms with E-state index in [-0.39, 0.29) is 5.91 Å². The van der Waals surface area contributed by atoms with Crippen molar-refractivity contribution >= 4 is 11.6 Å². The number of carbonyl (C=O) groups excluding carboxylic acids is 1. The number of nitrogens with one attached hydrogen (secondary N) is 1. The second-order valence-corrected chi connectivity index (χ2v) is 5.55. The predicted octanol–water partition coefficient (Wildman–Crippen LogP) is 0.0658. The molecular formula is C14H25N5O. The van der Waals surface area contributed by atoms with Gasteiger partial charge >= 0.3 is 0 Å². The van der Waals surface area contributed by atoms with Gasteiger partial charge in [0, 0.05) is 45.0 Å². The molecule has 6 nitrogen and oxygen atoms in total. The molecule has 0 saturated carbocycles. The van der Waals surface area contributed by atoms with Gasteiger partial charge in [0.25, 0.3) is 5.91 Å². The molecule has 112 valence electrons. The third-order valence-corrected chi connectivity index (χ3v) is 3.97. The molecule has 0 aromatic carbocycles. The number of rotatable bonds is 4. The van der Waals surface area contributed by atoms with Gasteiger partial charge in [-0.25, -0.2) is 0 Å². The third kappa shape index (κ3) is 3.32. The van der Waals surface area contributed by atoms with Crippen LogP contribution in [-0.2, 0) is 6.54 Å². The fraction of sp³-hybridized carbons (Fsp3) is 0.643. The Hall–Kier alpha value is -1.53. The maximum atomic E-state index is 12.2. The van der Waals surface area contributed by atoms with Crippen molar-refractivity contribution < 1.29 is 4.79 Å². The van der Waals surface area contributed by atoms with Crippen LogP contribution in [0.3, 0.4) is 0 Å². The first-order chi connectivity index (χ1) is 9.51. The van der Waals surface area contributed by atoms with E-state index in [0.717, 1.165) is 26.2 Å². The lowest BCUT2D eigenvalue weighted by Gasteiger charge is -2.37. The van der Waals surface area contributed by atoms with Gasteiger partial charge in [0.05, 0.1) is 5.69 Å². The summed E-state index contributed by atoms with van der Waals surface area (Å²) in [7, 11) is 4.22. The molecule has 20 heavy (non-hydrogen) atoms. The van der Waals surface area contributed by atoms with Crippen LogP contribution in [0, 0.1) is 0 Å². The molecule has 0 spiro atoms. The molecule has 0 bridgehead atoms. The van der Waals surface area contributed by atoms with Gasteiger partial charge in [-0.2, -0.15) is 0 Å². The normalized spacial score (nSPS) is 21.1. The van der Waals surface area contributed by atoms with Crippen molar-refractivity contribution in [3.05, 3.63) is 18.0 Å². The van der Waals surface area contributed by atoms with Gasteiger partial charge in [0.2, 0.25) is 0 Å². The summed E-state index contributed by atoms with van der Waals surface area (Å²) in [5, 5.41) is 3.02. The van der Waals surface area contributed by atoms with Crippen molar-refractivity contribution in [3.8, 4) is 0 Å². The summed E-state index contributed by atoms with van der Waals surface area (Å²) in [4.78, 5) is 16.8. The number of piperazine rings is 1. The molecule has 2 rings (SSSR count). The van der Waals surface area contributed by atoms with E-state index < -0.39 is 0 Å². The van der Waals surface area contributed by atoms with Gasteiger partial charge in [-0.3, -0.25) is 9.69 Å². The van der Waals surface area contributed by atoms with E-state index in [1.807, 2.05) is 11.5 Å². The van der Waals surface area contributed by atoms with Crippen LogP contribution in [0.2, 0.25) is 0 Å². The first-order valence-electron chi connectivity index (χ1n) is 7.14. The van der Waals surface area contributed by atoms with Gasteiger partial charge in [0.15, 0.2) is 0 Å². The van der Waals surface area contributed by atoms with E-state index in [2.05, 4.69) is 29.2 Å². The average molecular weight is 279 g/mol. The van der Waals surface area contributed by atoms with Crippen molar-refractivity contribution in [2.75, 3.05) is 46.0 Å². The number of aromatic nitrogens is 1. The second-order valence-electron chi connectivity index (χ2n) is 5.55. The van der Waals surface area contributed by atoms with E-state index in [9.17, 15) is 4.79 Å². The van der Waals surface area contributed by atoms with Crippen LogP contribution < -0.4 is 11.1 Å². The topological polar surface area (TPSA) is 66.5 Å². The Morgan fingerprint density at radius 2 is 2.20 bits per heavy atom. The molecule has 3 N–H and O–H groups in total. The Labute approximate surface area is 120 Å². The van der Waals surface area contributed by atoms with Gasteiger partial charge in [-0.15, -0.1) is 0 Å². The van der Waals surface area contributed by atoms with Crippen molar-refractivity contribution in [2.45, 2.75) is 19.5 Å². The zero-order valence-electron chi connectivity index (χ0n) is 12.6. The number of nitrogen functional groups attached to an aromatic ring is 1. The first-order valence-corrected chi connectivity index (χ1v) is 7.14. The number of aryl methyl sites for hydroxylation is 1. The highest BCUT2D eigenvalue weighted by molar-refractivity contribution is 5.93. The minimum atomic E-state index is -0.0508. The molecule has 1 aliphatic rings. The zero-order valence-corrected chi connectivity index (χ0v) is 12.6. The molecular weight excluding hydrogens is 254 g/mol. The van der Waals surface area contributed by atoms with Gasteiger partial charge in [-0.05, 0) is 27.1 Å². The fourth-order valence-corrected chi connectivity index (χ4v) is 2.61. The highest BCUT2D eigenvalue weighted by atomic mass is 16.1. The minimum Gasteiger partial charge on any atom is -0.397 e. The molecule has 2 heterocycles. The molecule has 1 unspecified atom stereocenters. The Kier molecular flexibility index (Phi) is 4.67. The smallest absolute Gasteiger partial charge is 0.268 e. The van der Waals surface area contributed by atoms with Crippen molar-refractivity contribution in [2.24, 2.45) is 0 Å². The van der Waals surface area contributed by atoms with E-state index in [0.29, 0.717) is 24.0 Å². The lowest BCUT2D eigenvalue weighted by atomic mass is 10.2. The minimum absolute atomic E-state index is 0.0508. The Morgan fingerprint density at radius 1 is 1.45 bits per heavy atom. The van der Waals surface area contributed by atoms with E-state index >= 15 is 0 Å². The first kappa shape index (κ1) is 14.9. The average Bonchev–Trinajstić information content (AvgIpc) is 2.80. The van der Waals surface area contributed by atoms with Crippen LogP contribution in [-0.4, -0.2) is 66.6 Å². The highest BCUT2D eigenvalue weighted by Gasteiger charge is 2.23. The predicted molar refractivity (Wildman–Crippen MR) is 80.8 cm³/mol. The number of anilines is 1. The number of hydrogen-bond donors (Lipinski definition) is 2. The van der Waals surface area contributed by atoms with Crippen LogP contribution in [0.4, 0.5) is 5.69 Å². The SMILES string of the molecule is CCn1cc(N)cc1C(=O)NCC1CN(C)CCN1C. The molecule has 6 heteroatoms. The van der Waals surface area contributed by atoms with Gasteiger partial charge in [0.1, 0.15) is 5.69 Å². The number of amides is 1. The second kappa shape index (κ2) is 6.28. The number of nitrogens with two attached hydrogens (primary N) is 1. The fourth-order valence-electron chi connectivity index (χ4n) is 2.61. The number of carbonyl (C=O) groups is 1. The maximum Gasteiger partial charge on any atom is 0.268 e. The summed E-state index contributed by atoms with van der Waals surface area (Å²) in [6, 6.07) is 2.09. The van der Waals surface area contributed by atoms with Crippen LogP contribution in [0.25, 0.3) is 0 Å². The Balaban J connectivity index is 1.94. The quantitative estimate of drug-likeness (QED) is 0.818. The van der Waals surface area contributed by atoms with E-state index in [4.69, 9.17) is 5.73 Å². The van der Waals surface area contributed by atoms with Gasteiger partial charge < -0.3 is 20.5 Å². The lowest BCUT2D eigenvalue weighted by molar-refractivity contribution is 0.0873. The third-order valence-electron chi connectivity index (χ3n) is 3.97. The summed E-state index contributed by atoms with van der Waals surface area (Å²) in [6.07, 6.45) is 1.80. The Bertz CT molecular complexity index is 470. The van der Waals surface area contributed by atoms with Crippen LogP contribution in [0.1, 0.15) is 17.4 Å². The largest absolute Gasteiger partial charge is 0.397 e. The maximum absolute atomic E-state index is 12.2. The molecule has 1 aliphatic heterocycles. The van der Waals surface area contributed by atoms with E-state index in [1.54, 1.807) is 12.3 Å². The molecule has 0 aliphatic carbocycles. The number of nitrogens with zero attached hydrogens (tertiary/aromatic N) is 3. The van der Waals surface area contributed by atoms with E-state index in [1.165, 1.54) is 0 Å². The van der Waals surface area contributed by atoms with Crippen LogP contribution in [0.15, 0.2) is 12.3 Å². The van der Waals surface area contributed by atoms with Crippen molar-refractivity contribution in [1.29, 1.82) is 0 Å². The summed E-state index contributed by atoms with van der Waals surface area (Å²) in [5.41, 5.74) is 7.02. The molecule has 1 atom stereocenters. The monoisotopic (exact) mass is 279 g/mol. The number of hydrogen-bond acceptors (Lipinski definition) is 4. The Morgan fingerprint density at radius 3 is 2.90 bits per heavy atom. The highest BCUT2D eigenvalue weighted by Crippen LogP contribution is 2.11. The van der Waals surface area contributed by atoms with Crippen molar-refractivity contribution in [1.82, 2.24) is 19.7 Å². The molecule has 1 fully saturated rings. The standard InChI is InChI=1S/C14H25N5O/c1-4-19-9-11(15)7-13(19)14(20)16-8-12-10-17(2)5-6-18(12)3/h7,9,12H,4-6,8,10,15H2,1-3H3,(H,16,20). The van der Waals surface area contributed by atoms with Crippen LogP contribution >= 0.6 is 0 Å². The molecule has 1 aromatic heterocycles. The molecule has 0 radical (unpaired) electrons. The molecule has 1 aromatic rings. The van der Waals surface area contributed by atoms with Crippen LogP contribution in [0.5, 0.6) is 0 Å². The summed E-state index contributed by atoms with van der Waals surface area (Å²) in [6.45, 7) is 6.50. The summed E-state index contributed by atoms with van der Waals surface area (Å²) >= 11 is 0. The summed E-state index contributed by atoms with van der Waals surface area (Å²) < 4.78 is 1.88. The lowest BCUT2D eigenvalue weighted by Crippen LogP contribution is -2.54.